The first-order valence-corrected chi connectivity index (χ1v) is 7.56. The van der Waals surface area contributed by atoms with Crippen LogP contribution in [0.25, 0.3) is 11.5 Å². The van der Waals surface area contributed by atoms with Gasteiger partial charge in [-0.15, -0.1) is 0 Å². The molecular formula is C14H15Cl2N3O2. The van der Waals surface area contributed by atoms with E-state index in [4.69, 9.17) is 38.2 Å². The van der Waals surface area contributed by atoms with Gasteiger partial charge in [0.1, 0.15) is 6.10 Å². The maximum Gasteiger partial charge on any atom is 0.261 e. The van der Waals surface area contributed by atoms with Crippen molar-refractivity contribution in [3.8, 4) is 11.5 Å². The first kappa shape index (κ1) is 14.6. The molecule has 7 heteroatoms. The summed E-state index contributed by atoms with van der Waals surface area (Å²) in [4.78, 5) is 4.40. The highest BCUT2D eigenvalue weighted by molar-refractivity contribution is 6.37. The Balaban J connectivity index is 1.96. The molecule has 0 spiro atoms. The molecule has 5 nitrogen and oxygen atoms in total. The Kier molecular flexibility index (Phi) is 4.06. The Morgan fingerprint density at radius 2 is 2.10 bits per heavy atom. The maximum atomic E-state index is 6.16. The van der Waals surface area contributed by atoms with E-state index in [0.29, 0.717) is 39.6 Å². The van der Waals surface area contributed by atoms with Crippen LogP contribution in [0, 0.1) is 5.92 Å². The molecule has 0 bridgehead atoms. The molecular weight excluding hydrogens is 313 g/mol. The van der Waals surface area contributed by atoms with Crippen molar-refractivity contribution >= 4 is 28.9 Å². The molecule has 1 aromatic heterocycles. The van der Waals surface area contributed by atoms with Gasteiger partial charge in [-0.25, -0.2) is 0 Å². The summed E-state index contributed by atoms with van der Waals surface area (Å²) in [7, 11) is 0. The number of hydrogen-bond acceptors (Lipinski definition) is 5. The minimum Gasteiger partial charge on any atom is -0.397 e. The molecule has 21 heavy (non-hydrogen) atoms. The number of benzene rings is 1. The Hall–Kier alpha value is -1.30. The van der Waals surface area contributed by atoms with Gasteiger partial charge in [-0.05, 0) is 37.8 Å². The monoisotopic (exact) mass is 327 g/mol. The lowest BCUT2D eigenvalue weighted by atomic mass is 10.1. The number of halogens is 2. The van der Waals surface area contributed by atoms with Gasteiger partial charge >= 0.3 is 0 Å². The van der Waals surface area contributed by atoms with Crippen LogP contribution in [0.15, 0.2) is 16.7 Å². The predicted octanol–water partition coefficient (Wildman–Crippen LogP) is 4.11. The molecule has 1 aliphatic rings. The molecule has 112 valence electrons. The maximum absolute atomic E-state index is 6.16. The van der Waals surface area contributed by atoms with Gasteiger partial charge in [-0.2, -0.15) is 4.98 Å². The van der Waals surface area contributed by atoms with Crippen molar-refractivity contribution in [2.24, 2.45) is 5.92 Å². The molecule has 0 amide bonds. The van der Waals surface area contributed by atoms with Crippen molar-refractivity contribution in [2.45, 2.75) is 25.9 Å². The second-order valence-corrected chi connectivity index (χ2v) is 5.80. The summed E-state index contributed by atoms with van der Waals surface area (Å²) in [5.41, 5.74) is 6.76. The van der Waals surface area contributed by atoms with E-state index in [-0.39, 0.29) is 12.0 Å². The standard InChI is InChI=1S/C14H15Cl2N3O2/c1-2-20-12(7-3-4-7)13-18-14(21-19-13)10-8(15)5-6-9(16)11(10)17/h5-7,12H,2-4,17H2,1H3. The Labute approximate surface area is 132 Å². The number of nitrogens with zero attached hydrogens (tertiary/aromatic N) is 2. The molecule has 1 unspecified atom stereocenters. The molecule has 1 aliphatic carbocycles. The summed E-state index contributed by atoms with van der Waals surface area (Å²) in [5.74, 6) is 1.26. The zero-order chi connectivity index (χ0) is 15.0. The zero-order valence-corrected chi connectivity index (χ0v) is 13.0. The van der Waals surface area contributed by atoms with E-state index in [2.05, 4.69) is 10.1 Å². The fourth-order valence-electron chi connectivity index (χ4n) is 2.24. The van der Waals surface area contributed by atoms with Crippen molar-refractivity contribution < 1.29 is 9.26 Å². The van der Waals surface area contributed by atoms with Crippen LogP contribution in [0.4, 0.5) is 5.69 Å². The van der Waals surface area contributed by atoms with Crippen LogP contribution in [0.5, 0.6) is 0 Å². The molecule has 1 aromatic carbocycles. The summed E-state index contributed by atoms with van der Waals surface area (Å²) < 4.78 is 11.0. The highest BCUT2D eigenvalue weighted by Crippen LogP contribution is 2.43. The highest BCUT2D eigenvalue weighted by Gasteiger charge is 2.36. The Morgan fingerprint density at radius 1 is 1.38 bits per heavy atom. The number of aromatic nitrogens is 2. The largest absolute Gasteiger partial charge is 0.397 e. The quantitative estimate of drug-likeness (QED) is 0.836. The van der Waals surface area contributed by atoms with Crippen molar-refractivity contribution in [1.82, 2.24) is 10.1 Å². The number of rotatable bonds is 5. The number of ether oxygens (including phenoxy) is 1. The zero-order valence-electron chi connectivity index (χ0n) is 11.5. The van der Waals surface area contributed by atoms with Gasteiger partial charge < -0.3 is 15.0 Å². The topological polar surface area (TPSA) is 74.2 Å². The van der Waals surface area contributed by atoms with Crippen molar-refractivity contribution in [3.05, 3.63) is 28.0 Å². The van der Waals surface area contributed by atoms with Crippen LogP contribution in [0.3, 0.4) is 0 Å². The smallest absolute Gasteiger partial charge is 0.261 e. The van der Waals surface area contributed by atoms with Crippen molar-refractivity contribution in [1.29, 1.82) is 0 Å². The van der Waals surface area contributed by atoms with Gasteiger partial charge in [-0.1, -0.05) is 28.4 Å². The third kappa shape index (κ3) is 2.86. The highest BCUT2D eigenvalue weighted by atomic mass is 35.5. The van der Waals surface area contributed by atoms with Crippen LogP contribution in [0.1, 0.15) is 31.7 Å². The van der Waals surface area contributed by atoms with Crippen LogP contribution < -0.4 is 5.73 Å². The van der Waals surface area contributed by atoms with Crippen LogP contribution in [-0.4, -0.2) is 16.7 Å². The fourth-order valence-corrected chi connectivity index (χ4v) is 2.64. The van der Waals surface area contributed by atoms with E-state index in [1.807, 2.05) is 6.92 Å². The lowest BCUT2D eigenvalue weighted by Gasteiger charge is -2.11. The summed E-state index contributed by atoms with van der Waals surface area (Å²) >= 11 is 12.2. The summed E-state index contributed by atoms with van der Waals surface area (Å²) in [5, 5.41) is 4.84. The molecule has 2 N–H and O–H groups in total. The summed E-state index contributed by atoms with van der Waals surface area (Å²) in [6.45, 7) is 2.55. The minimum absolute atomic E-state index is 0.133. The Bertz CT molecular complexity index is 656. The van der Waals surface area contributed by atoms with Gasteiger partial charge in [0.05, 0.1) is 21.3 Å². The van der Waals surface area contributed by atoms with Gasteiger partial charge in [-0.3, -0.25) is 0 Å². The molecule has 1 saturated carbocycles. The first-order chi connectivity index (χ1) is 10.1. The summed E-state index contributed by atoms with van der Waals surface area (Å²) in [6.07, 6.45) is 2.11. The van der Waals surface area contributed by atoms with E-state index < -0.39 is 0 Å². The van der Waals surface area contributed by atoms with E-state index in [9.17, 15) is 0 Å². The molecule has 0 radical (unpaired) electrons. The molecule has 2 aromatic rings. The number of hydrogen-bond donors (Lipinski definition) is 1. The predicted molar refractivity (Wildman–Crippen MR) is 81.3 cm³/mol. The molecule has 0 saturated heterocycles. The minimum atomic E-state index is -0.133. The van der Waals surface area contributed by atoms with E-state index in [1.165, 1.54) is 0 Å². The molecule has 1 heterocycles. The normalized spacial score (nSPS) is 16.1. The van der Waals surface area contributed by atoms with Gasteiger partial charge in [0.2, 0.25) is 5.82 Å². The van der Waals surface area contributed by atoms with E-state index >= 15 is 0 Å². The average molecular weight is 328 g/mol. The van der Waals surface area contributed by atoms with E-state index in [0.717, 1.165) is 12.8 Å². The molecule has 1 fully saturated rings. The van der Waals surface area contributed by atoms with Crippen LogP contribution in [0.2, 0.25) is 10.0 Å². The SMILES string of the molecule is CCOC(c1noc(-c2c(Cl)ccc(Cl)c2N)n1)C1CC1. The van der Waals surface area contributed by atoms with Gasteiger partial charge in [0.15, 0.2) is 0 Å². The van der Waals surface area contributed by atoms with Crippen LogP contribution >= 0.6 is 23.2 Å². The lowest BCUT2D eigenvalue weighted by Crippen LogP contribution is -2.08. The second-order valence-electron chi connectivity index (χ2n) is 4.99. The van der Waals surface area contributed by atoms with Crippen molar-refractivity contribution in [3.63, 3.8) is 0 Å². The average Bonchev–Trinajstić information content (AvgIpc) is 3.19. The van der Waals surface area contributed by atoms with Crippen molar-refractivity contribution in [2.75, 3.05) is 12.3 Å². The third-order valence-corrected chi connectivity index (χ3v) is 4.09. The third-order valence-electron chi connectivity index (χ3n) is 3.45. The molecule has 0 aliphatic heterocycles. The number of anilines is 1. The summed E-state index contributed by atoms with van der Waals surface area (Å²) in [6, 6.07) is 3.29. The second kappa shape index (κ2) is 5.83. The number of nitrogens with two attached hydrogens (primary N) is 1. The fraction of sp³-hybridized carbons (Fsp3) is 0.429. The molecule has 3 rings (SSSR count). The van der Waals surface area contributed by atoms with Gasteiger partial charge in [0.25, 0.3) is 5.89 Å². The Morgan fingerprint density at radius 3 is 2.76 bits per heavy atom. The molecule has 1 atom stereocenters. The lowest BCUT2D eigenvalue weighted by molar-refractivity contribution is 0.0385. The van der Waals surface area contributed by atoms with E-state index in [1.54, 1.807) is 12.1 Å². The van der Waals surface area contributed by atoms with Crippen LogP contribution in [-0.2, 0) is 4.74 Å². The van der Waals surface area contributed by atoms with Gasteiger partial charge in [0, 0.05) is 6.61 Å². The number of nitrogen functional groups attached to an aromatic ring is 1. The first-order valence-electron chi connectivity index (χ1n) is 6.80.